The molecule has 13 heteroatoms. The van der Waals surface area contributed by atoms with Crippen molar-refractivity contribution in [3.05, 3.63) is 113 Å². The Kier molecular flexibility index (Phi) is 11.9. The van der Waals surface area contributed by atoms with Crippen LogP contribution < -0.4 is 4.74 Å². The van der Waals surface area contributed by atoms with Crippen molar-refractivity contribution in [1.82, 2.24) is 19.7 Å². The molecule has 2 aromatic carbocycles. The first-order chi connectivity index (χ1) is 22.8. The molecule has 0 amide bonds. The van der Waals surface area contributed by atoms with Crippen molar-refractivity contribution in [2.45, 2.75) is 58.0 Å². The lowest BCUT2D eigenvalue weighted by Crippen LogP contribution is -2.49. The van der Waals surface area contributed by atoms with E-state index in [9.17, 15) is 23.1 Å². The summed E-state index contributed by atoms with van der Waals surface area (Å²) >= 11 is 5.96. The highest BCUT2D eigenvalue weighted by Gasteiger charge is 2.54. The van der Waals surface area contributed by atoms with Crippen LogP contribution in [-0.2, 0) is 40.0 Å². The second-order valence-electron chi connectivity index (χ2n) is 12.0. The Morgan fingerprint density at radius 3 is 2.46 bits per heavy atom. The van der Waals surface area contributed by atoms with Crippen LogP contribution in [0.2, 0.25) is 5.02 Å². The van der Waals surface area contributed by atoms with Crippen molar-refractivity contribution in [3.8, 4) is 5.88 Å². The molecule has 1 fully saturated rings. The number of alkyl halides is 3. The molecule has 4 aromatic rings. The molecule has 9 nitrogen and oxygen atoms in total. The van der Waals surface area contributed by atoms with E-state index in [0.29, 0.717) is 17.7 Å². The maximum absolute atomic E-state index is 12.7. The summed E-state index contributed by atoms with van der Waals surface area (Å²) in [6, 6.07) is 18.0. The number of hydrogen-bond donors (Lipinski definition) is 1. The van der Waals surface area contributed by atoms with Crippen LogP contribution in [0.1, 0.15) is 49.1 Å². The van der Waals surface area contributed by atoms with E-state index in [1.54, 1.807) is 35.3 Å². The molecular weight excluding hydrogens is 649 g/mol. The molecule has 2 heterocycles. The monoisotopic (exact) mass is 686 g/mol. The highest BCUT2D eigenvalue weighted by atomic mass is 35.5. The zero-order valence-corrected chi connectivity index (χ0v) is 27.8. The van der Waals surface area contributed by atoms with E-state index >= 15 is 0 Å². The Morgan fingerprint density at radius 1 is 1.08 bits per heavy atom. The summed E-state index contributed by atoms with van der Waals surface area (Å²) in [4.78, 5) is 19.4. The largest absolute Gasteiger partial charge is 0.503 e. The molecule has 0 saturated heterocycles. The minimum Gasteiger partial charge on any atom is -0.503 e. The van der Waals surface area contributed by atoms with Gasteiger partial charge in [-0.3, -0.25) is 4.68 Å². The third kappa shape index (κ3) is 8.93. The number of rotatable bonds is 10. The topological polar surface area (TPSA) is 109 Å². The minimum atomic E-state index is -4.56. The summed E-state index contributed by atoms with van der Waals surface area (Å²) in [5.74, 6) is -0.589. The number of aliphatic hydroxyl groups is 1. The van der Waals surface area contributed by atoms with Gasteiger partial charge in [-0.05, 0) is 65.5 Å². The van der Waals surface area contributed by atoms with Gasteiger partial charge < -0.3 is 19.3 Å². The number of pyridine rings is 1. The number of esters is 1. The van der Waals surface area contributed by atoms with Crippen LogP contribution in [-0.4, -0.2) is 50.6 Å². The van der Waals surface area contributed by atoms with Gasteiger partial charge in [0.2, 0.25) is 5.88 Å². The third-order valence-corrected chi connectivity index (χ3v) is 8.82. The van der Waals surface area contributed by atoms with Gasteiger partial charge in [-0.1, -0.05) is 67.9 Å². The predicted molar refractivity (Wildman–Crippen MR) is 174 cm³/mol. The number of methoxy groups -OCH3 is 2. The normalized spacial score (nSPS) is 18.9. The first-order valence-corrected chi connectivity index (χ1v) is 15.5. The van der Waals surface area contributed by atoms with E-state index in [1.807, 2.05) is 24.3 Å². The van der Waals surface area contributed by atoms with Crippen molar-refractivity contribution in [2.75, 3.05) is 14.2 Å². The molecule has 48 heavy (non-hydrogen) atoms. The Labute approximate surface area is 282 Å². The van der Waals surface area contributed by atoms with Crippen molar-refractivity contribution in [2.24, 2.45) is 11.3 Å². The number of benzene rings is 2. The summed E-state index contributed by atoms with van der Waals surface area (Å²) < 4.78 is 54.9. The molecular formula is C35H38ClF3N4O5. The Hall–Kier alpha value is -4.42. The molecule has 1 aliphatic rings. The standard InChI is InChI=1S/C18H16F3NO4.C17H22ClN3O/c1-24-11-14(17(23)25-2)13-7-4-3-6-12(13)10-26-16-9-5-8-15(22-16)18(19,20)21;1-16(2)8-7-14(9-13-3-5-15(18)6-4-13)17(16,22)10-21-12-19-11-20-21/h3-9,11H,10H2,1-2H3;3-6,11-12,14,22H,7-10H2,1-2H3/b14-11+;. The van der Waals surface area contributed by atoms with E-state index in [-0.39, 0.29) is 29.4 Å². The first kappa shape index (κ1) is 36.4. The molecule has 0 radical (unpaired) electrons. The molecule has 1 saturated carbocycles. The van der Waals surface area contributed by atoms with Gasteiger partial charge in [0, 0.05) is 11.1 Å². The first-order valence-electron chi connectivity index (χ1n) is 15.1. The fourth-order valence-electron chi connectivity index (χ4n) is 5.79. The molecule has 0 spiro atoms. The van der Waals surface area contributed by atoms with Crippen LogP contribution in [0, 0.1) is 11.3 Å². The number of carbonyl (C=O) groups excluding carboxylic acids is 1. The summed E-state index contributed by atoms with van der Waals surface area (Å²) in [7, 11) is 2.62. The maximum atomic E-state index is 12.7. The van der Waals surface area contributed by atoms with Crippen molar-refractivity contribution in [3.63, 3.8) is 0 Å². The van der Waals surface area contributed by atoms with Gasteiger partial charge in [-0.15, -0.1) is 0 Å². The maximum Gasteiger partial charge on any atom is 0.433 e. The Balaban J connectivity index is 0.000000219. The van der Waals surface area contributed by atoms with E-state index in [1.165, 1.54) is 44.5 Å². The quantitative estimate of drug-likeness (QED) is 0.106. The van der Waals surface area contributed by atoms with Gasteiger partial charge in [-0.25, -0.2) is 14.8 Å². The summed E-state index contributed by atoms with van der Waals surface area (Å²) in [5.41, 5.74) is 0.429. The third-order valence-electron chi connectivity index (χ3n) is 8.57. The van der Waals surface area contributed by atoms with Gasteiger partial charge in [-0.2, -0.15) is 18.3 Å². The van der Waals surface area contributed by atoms with E-state index in [2.05, 4.69) is 28.9 Å². The van der Waals surface area contributed by atoms with Gasteiger partial charge in [0.05, 0.1) is 32.6 Å². The number of carbonyl (C=O) groups is 1. The molecule has 1 aliphatic carbocycles. The average molecular weight is 687 g/mol. The van der Waals surface area contributed by atoms with Crippen LogP contribution >= 0.6 is 11.6 Å². The number of aromatic nitrogens is 4. The number of halogens is 4. The lowest BCUT2D eigenvalue weighted by Gasteiger charge is -2.40. The lowest BCUT2D eigenvalue weighted by atomic mass is 9.72. The molecule has 256 valence electrons. The van der Waals surface area contributed by atoms with Gasteiger partial charge in [0.25, 0.3) is 0 Å². The van der Waals surface area contributed by atoms with E-state index < -0.39 is 23.4 Å². The summed E-state index contributed by atoms with van der Waals surface area (Å²) in [6.45, 7) is 4.68. The molecule has 2 unspecified atom stereocenters. The van der Waals surface area contributed by atoms with Crippen LogP contribution in [0.4, 0.5) is 13.2 Å². The molecule has 2 atom stereocenters. The van der Waals surface area contributed by atoms with Crippen molar-refractivity contribution >= 4 is 23.1 Å². The smallest absolute Gasteiger partial charge is 0.433 e. The SMILES string of the molecule is CC1(C)CCC(Cc2ccc(Cl)cc2)C1(O)Cn1cncn1.CO/C=C(/C(=O)OC)c1ccccc1COc1cccc(C(F)(F)F)n1. The Morgan fingerprint density at radius 2 is 1.81 bits per heavy atom. The summed E-state index contributed by atoms with van der Waals surface area (Å²) in [6.07, 6.45) is 2.73. The molecule has 0 aliphatic heterocycles. The highest BCUT2D eigenvalue weighted by Crippen LogP contribution is 2.51. The fraction of sp³-hybridized carbons (Fsp3) is 0.371. The van der Waals surface area contributed by atoms with Crippen molar-refractivity contribution < 1.29 is 37.3 Å². The van der Waals surface area contributed by atoms with Crippen LogP contribution in [0.15, 0.2) is 85.6 Å². The fourth-order valence-corrected chi connectivity index (χ4v) is 5.91. The van der Waals surface area contributed by atoms with Gasteiger partial charge in [0.15, 0.2) is 0 Å². The van der Waals surface area contributed by atoms with Crippen LogP contribution in [0.25, 0.3) is 5.57 Å². The van der Waals surface area contributed by atoms with Gasteiger partial charge >= 0.3 is 12.1 Å². The molecule has 5 rings (SSSR count). The lowest BCUT2D eigenvalue weighted by molar-refractivity contribution is -0.141. The van der Waals surface area contributed by atoms with Crippen LogP contribution in [0.5, 0.6) is 5.88 Å². The highest BCUT2D eigenvalue weighted by molar-refractivity contribution is 6.30. The second-order valence-corrected chi connectivity index (χ2v) is 12.5. The number of ether oxygens (including phenoxy) is 3. The Bertz CT molecular complexity index is 1680. The summed E-state index contributed by atoms with van der Waals surface area (Å²) in [5, 5.41) is 16.4. The van der Waals surface area contributed by atoms with Crippen molar-refractivity contribution in [1.29, 1.82) is 0 Å². The molecule has 0 bridgehead atoms. The average Bonchev–Trinajstić information content (AvgIpc) is 3.65. The number of nitrogens with zero attached hydrogens (tertiary/aromatic N) is 4. The predicted octanol–water partition coefficient (Wildman–Crippen LogP) is 7.18. The zero-order chi connectivity index (χ0) is 35.0. The zero-order valence-electron chi connectivity index (χ0n) is 27.1. The van der Waals surface area contributed by atoms with E-state index in [0.717, 1.165) is 30.4 Å². The molecule has 1 N–H and O–H groups in total. The second kappa shape index (κ2) is 15.7. The molecule has 2 aromatic heterocycles. The minimum absolute atomic E-state index is 0.0947. The van der Waals surface area contributed by atoms with Crippen LogP contribution in [0.3, 0.4) is 0 Å². The number of hydrogen-bond acceptors (Lipinski definition) is 8. The van der Waals surface area contributed by atoms with Gasteiger partial charge in [0.1, 0.15) is 30.5 Å². The van der Waals surface area contributed by atoms with E-state index in [4.69, 9.17) is 25.8 Å².